The average Bonchev–Trinajstić information content (AvgIpc) is 2.54. The normalized spacial score (nSPS) is 10.3. The molecule has 0 aliphatic rings. The zero-order valence-electron chi connectivity index (χ0n) is 14.7. The molecule has 0 aliphatic heterocycles. The van der Waals surface area contributed by atoms with Crippen molar-refractivity contribution >= 4 is 17.5 Å². The highest BCUT2D eigenvalue weighted by molar-refractivity contribution is 5.98. The number of hydrogen-bond acceptors (Lipinski definition) is 2. The van der Waals surface area contributed by atoms with Crippen LogP contribution in [0.5, 0.6) is 0 Å². The molecule has 0 saturated carbocycles. The Hall–Kier alpha value is -2.62. The SMILES string of the molecule is CC(=O)N(CC(=O)NCc1ccc(C)cc1)c1cc(C)ccc1C. The van der Waals surface area contributed by atoms with E-state index < -0.39 is 0 Å². The third kappa shape index (κ3) is 4.69. The summed E-state index contributed by atoms with van der Waals surface area (Å²) in [5.74, 6) is -0.319. The van der Waals surface area contributed by atoms with Gasteiger partial charge in [0.2, 0.25) is 11.8 Å². The Kier molecular flexibility index (Phi) is 5.74. The Balaban J connectivity index is 2.04. The molecule has 0 fully saturated rings. The molecule has 0 radical (unpaired) electrons. The Morgan fingerprint density at radius 1 is 0.958 bits per heavy atom. The molecule has 0 unspecified atom stereocenters. The monoisotopic (exact) mass is 324 g/mol. The zero-order valence-corrected chi connectivity index (χ0v) is 14.7. The van der Waals surface area contributed by atoms with Crippen LogP contribution >= 0.6 is 0 Å². The minimum absolute atomic E-state index is 0.0193. The highest BCUT2D eigenvalue weighted by atomic mass is 16.2. The van der Waals surface area contributed by atoms with Crippen LogP contribution in [0, 0.1) is 20.8 Å². The van der Waals surface area contributed by atoms with E-state index in [9.17, 15) is 9.59 Å². The van der Waals surface area contributed by atoms with Crippen LogP contribution in [0.4, 0.5) is 5.69 Å². The number of anilines is 1. The number of carbonyl (C=O) groups is 2. The minimum atomic E-state index is -0.174. The van der Waals surface area contributed by atoms with Crippen molar-refractivity contribution in [2.45, 2.75) is 34.2 Å². The van der Waals surface area contributed by atoms with E-state index in [0.717, 1.165) is 22.4 Å². The molecule has 0 bridgehead atoms. The fourth-order valence-electron chi connectivity index (χ4n) is 2.48. The van der Waals surface area contributed by atoms with Gasteiger partial charge in [0.05, 0.1) is 0 Å². The van der Waals surface area contributed by atoms with Crippen molar-refractivity contribution < 1.29 is 9.59 Å². The first-order chi connectivity index (χ1) is 11.4. The Bertz CT molecular complexity index is 736. The first-order valence-electron chi connectivity index (χ1n) is 8.04. The topological polar surface area (TPSA) is 49.4 Å². The molecule has 0 atom stereocenters. The molecule has 1 N–H and O–H groups in total. The molecule has 2 aromatic rings. The van der Waals surface area contributed by atoms with Crippen LogP contribution in [0.25, 0.3) is 0 Å². The summed E-state index contributed by atoms with van der Waals surface area (Å²) in [7, 11) is 0. The molecule has 2 amide bonds. The summed E-state index contributed by atoms with van der Waals surface area (Å²) in [6.45, 7) is 7.89. The Labute approximate surface area is 143 Å². The van der Waals surface area contributed by atoms with Crippen LogP contribution in [-0.4, -0.2) is 18.4 Å². The summed E-state index contributed by atoms with van der Waals surface area (Å²) in [6, 6.07) is 13.9. The zero-order chi connectivity index (χ0) is 17.7. The Morgan fingerprint density at radius 3 is 2.21 bits per heavy atom. The molecule has 2 rings (SSSR count). The van der Waals surface area contributed by atoms with Crippen molar-refractivity contribution in [2.75, 3.05) is 11.4 Å². The predicted octanol–water partition coefficient (Wildman–Crippen LogP) is 3.28. The number of hydrogen-bond donors (Lipinski definition) is 1. The standard InChI is InChI=1S/C20H24N2O2/c1-14-6-9-18(10-7-14)12-21-20(24)13-22(17(4)23)19-11-15(2)5-8-16(19)3/h5-11H,12-13H2,1-4H3,(H,21,24). The highest BCUT2D eigenvalue weighted by Crippen LogP contribution is 2.21. The summed E-state index contributed by atoms with van der Waals surface area (Å²) in [4.78, 5) is 25.8. The summed E-state index contributed by atoms with van der Waals surface area (Å²) >= 11 is 0. The number of benzene rings is 2. The van der Waals surface area contributed by atoms with Gasteiger partial charge in [0, 0.05) is 19.2 Å². The summed E-state index contributed by atoms with van der Waals surface area (Å²) in [6.07, 6.45) is 0. The molecule has 24 heavy (non-hydrogen) atoms. The number of carbonyl (C=O) groups excluding carboxylic acids is 2. The fraction of sp³-hybridized carbons (Fsp3) is 0.300. The van der Waals surface area contributed by atoms with E-state index in [0.29, 0.717) is 6.54 Å². The van der Waals surface area contributed by atoms with Gasteiger partial charge in [0.25, 0.3) is 0 Å². The number of nitrogens with one attached hydrogen (secondary N) is 1. The summed E-state index contributed by atoms with van der Waals surface area (Å²) in [5, 5.41) is 2.87. The van der Waals surface area contributed by atoms with Gasteiger partial charge in [-0.3, -0.25) is 9.59 Å². The lowest BCUT2D eigenvalue weighted by Gasteiger charge is -2.23. The number of amides is 2. The van der Waals surface area contributed by atoms with E-state index in [2.05, 4.69) is 5.32 Å². The summed E-state index contributed by atoms with van der Waals surface area (Å²) < 4.78 is 0. The van der Waals surface area contributed by atoms with Gasteiger partial charge >= 0.3 is 0 Å². The molecule has 4 nitrogen and oxygen atoms in total. The van der Waals surface area contributed by atoms with Crippen molar-refractivity contribution in [3.05, 3.63) is 64.7 Å². The number of nitrogens with zero attached hydrogens (tertiary/aromatic N) is 1. The number of rotatable bonds is 5. The lowest BCUT2D eigenvalue weighted by molar-refractivity contribution is -0.123. The molecule has 0 aromatic heterocycles. The Morgan fingerprint density at radius 2 is 1.58 bits per heavy atom. The van der Waals surface area contributed by atoms with Crippen LogP contribution in [0.1, 0.15) is 29.2 Å². The van der Waals surface area contributed by atoms with Gasteiger partial charge in [-0.05, 0) is 43.5 Å². The highest BCUT2D eigenvalue weighted by Gasteiger charge is 2.17. The second-order valence-corrected chi connectivity index (χ2v) is 6.16. The molecular formula is C20H24N2O2. The maximum atomic E-state index is 12.3. The van der Waals surface area contributed by atoms with E-state index in [-0.39, 0.29) is 18.4 Å². The lowest BCUT2D eigenvalue weighted by Crippen LogP contribution is -2.40. The van der Waals surface area contributed by atoms with E-state index in [1.165, 1.54) is 17.4 Å². The smallest absolute Gasteiger partial charge is 0.240 e. The predicted molar refractivity (Wildman–Crippen MR) is 97.0 cm³/mol. The van der Waals surface area contributed by atoms with Crippen LogP contribution < -0.4 is 10.2 Å². The van der Waals surface area contributed by atoms with Gasteiger partial charge in [-0.1, -0.05) is 42.0 Å². The van der Waals surface area contributed by atoms with Crippen molar-refractivity contribution in [3.8, 4) is 0 Å². The molecule has 2 aromatic carbocycles. The van der Waals surface area contributed by atoms with Crippen LogP contribution in [0.15, 0.2) is 42.5 Å². The van der Waals surface area contributed by atoms with Crippen molar-refractivity contribution in [3.63, 3.8) is 0 Å². The molecule has 0 spiro atoms. The lowest BCUT2D eigenvalue weighted by atomic mass is 10.1. The second-order valence-electron chi connectivity index (χ2n) is 6.16. The maximum absolute atomic E-state index is 12.3. The summed E-state index contributed by atoms with van der Waals surface area (Å²) in [5.41, 5.74) is 5.04. The van der Waals surface area contributed by atoms with Crippen LogP contribution in [0.2, 0.25) is 0 Å². The van der Waals surface area contributed by atoms with Crippen molar-refractivity contribution in [2.24, 2.45) is 0 Å². The van der Waals surface area contributed by atoms with Gasteiger partial charge in [-0.15, -0.1) is 0 Å². The van der Waals surface area contributed by atoms with Gasteiger partial charge in [0.1, 0.15) is 6.54 Å². The van der Waals surface area contributed by atoms with Gasteiger partial charge in [-0.25, -0.2) is 0 Å². The second kappa shape index (κ2) is 7.77. The van der Waals surface area contributed by atoms with Crippen molar-refractivity contribution in [1.29, 1.82) is 0 Å². The number of aryl methyl sites for hydroxylation is 3. The molecule has 0 aliphatic carbocycles. The van der Waals surface area contributed by atoms with Crippen LogP contribution in [0.3, 0.4) is 0 Å². The van der Waals surface area contributed by atoms with Gasteiger partial charge in [0.15, 0.2) is 0 Å². The molecule has 0 heterocycles. The van der Waals surface area contributed by atoms with E-state index in [4.69, 9.17) is 0 Å². The average molecular weight is 324 g/mol. The first-order valence-corrected chi connectivity index (χ1v) is 8.04. The van der Waals surface area contributed by atoms with E-state index >= 15 is 0 Å². The maximum Gasteiger partial charge on any atom is 0.240 e. The van der Waals surface area contributed by atoms with Gasteiger partial charge < -0.3 is 10.2 Å². The third-order valence-corrected chi connectivity index (χ3v) is 3.95. The minimum Gasteiger partial charge on any atom is -0.350 e. The third-order valence-electron chi connectivity index (χ3n) is 3.95. The largest absolute Gasteiger partial charge is 0.350 e. The molecule has 126 valence electrons. The fourth-order valence-corrected chi connectivity index (χ4v) is 2.48. The molecule has 4 heteroatoms. The first kappa shape index (κ1) is 17.7. The van der Waals surface area contributed by atoms with Gasteiger partial charge in [-0.2, -0.15) is 0 Å². The van der Waals surface area contributed by atoms with E-state index in [1.54, 1.807) is 0 Å². The van der Waals surface area contributed by atoms with Crippen molar-refractivity contribution in [1.82, 2.24) is 5.32 Å². The molecule has 0 saturated heterocycles. The quantitative estimate of drug-likeness (QED) is 0.917. The van der Waals surface area contributed by atoms with E-state index in [1.807, 2.05) is 63.2 Å². The van der Waals surface area contributed by atoms with Crippen LogP contribution in [-0.2, 0) is 16.1 Å². The molecular weight excluding hydrogens is 300 g/mol.